The van der Waals surface area contributed by atoms with Crippen molar-refractivity contribution in [2.24, 2.45) is 0 Å². The van der Waals surface area contributed by atoms with Crippen LogP contribution in [0.2, 0.25) is 0 Å². The van der Waals surface area contributed by atoms with Gasteiger partial charge in [-0.15, -0.1) is 0 Å². The smallest absolute Gasteiger partial charge is 0.251 e. The first-order valence-electron chi connectivity index (χ1n) is 9.76. The third-order valence-electron chi connectivity index (χ3n) is 5.08. The minimum atomic E-state index is -3.56. The second-order valence-corrected chi connectivity index (χ2v) is 9.37. The van der Waals surface area contributed by atoms with Crippen molar-refractivity contribution in [3.63, 3.8) is 0 Å². The lowest BCUT2D eigenvalue weighted by molar-refractivity contribution is 0.0940. The fraction of sp³-hybridized carbons (Fsp3) is 0.208. The Labute approximate surface area is 178 Å². The Morgan fingerprint density at radius 1 is 0.933 bits per heavy atom. The molecule has 1 N–H and O–H groups in total. The standard InChI is InChI=1S/C24H26N2O3S/c1-18-9-7-8-12-23(18)19(2)25-24(27)21-15-13-20(14-16-21)17-26(3)30(28,29)22-10-5-4-6-11-22/h4-16,19H,17H2,1-3H3,(H,25,27). The summed E-state index contributed by atoms with van der Waals surface area (Å²) in [4.78, 5) is 12.9. The van der Waals surface area contributed by atoms with E-state index >= 15 is 0 Å². The zero-order valence-corrected chi connectivity index (χ0v) is 18.2. The van der Waals surface area contributed by atoms with Crippen LogP contribution in [-0.2, 0) is 16.6 Å². The summed E-state index contributed by atoms with van der Waals surface area (Å²) in [6.07, 6.45) is 0. The van der Waals surface area contributed by atoms with Gasteiger partial charge in [0.05, 0.1) is 10.9 Å². The third-order valence-corrected chi connectivity index (χ3v) is 6.89. The van der Waals surface area contributed by atoms with Crippen LogP contribution in [0.3, 0.4) is 0 Å². The molecular formula is C24H26N2O3S. The van der Waals surface area contributed by atoms with Gasteiger partial charge in [-0.25, -0.2) is 8.42 Å². The zero-order chi connectivity index (χ0) is 21.7. The van der Waals surface area contributed by atoms with Gasteiger partial charge in [-0.05, 0) is 54.8 Å². The molecule has 1 unspecified atom stereocenters. The number of nitrogens with one attached hydrogen (secondary N) is 1. The number of sulfonamides is 1. The average molecular weight is 423 g/mol. The molecule has 6 heteroatoms. The van der Waals surface area contributed by atoms with Gasteiger partial charge in [-0.1, -0.05) is 54.6 Å². The molecule has 1 atom stereocenters. The molecule has 0 aliphatic heterocycles. The molecule has 0 heterocycles. The van der Waals surface area contributed by atoms with E-state index in [1.165, 1.54) is 4.31 Å². The Balaban J connectivity index is 1.66. The molecule has 0 aliphatic carbocycles. The maximum absolute atomic E-state index is 12.7. The first-order valence-corrected chi connectivity index (χ1v) is 11.2. The second-order valence-electron chi connectivity index (χ2n) is 7.32. The van der Waals surface area contributed by atoms with E-state index in [0.717, 1.165) is 16.7 Å². The molecule has 5 nitrogen and oxygen atoms in total. The van der Waals surface area contributed by atoms with Crippen molar-refractivity contribution in [2.45, 2.75) is 31.3 Å². The van der Waals surface area contributed by atoms with Crippen LogP contribution >= 0.6 is 0 Å². The van der Waals surface area contributed by atoms with Gasteiger partial charge in [-0.2, -0.15) is 4.31 Å². The predicted octanol–water partition coefficient (Wildman–Crippen LogP) is 4.31. The van der Waals surface area contributed by atoms with Gasteiger partial charge in [0.25, 0.3) is 5.91 Å². The van der Waals surface area contributed by atoms with Gasteiger partial charge in [0.15, 0.2) is 0 Å². The monoisotopic (exact) mass is 422 g/mol. The average Bonchev–Trinajstić information content (AvgIpc) is 2.75. The van der Waals surface area contributed by atoms with Crippen molar-refractivity contribution in [3.05, 3.63) is 101 Å². The van der Waals surface area contributed by atoms with Crippen LogP contribution in [0.5, 0.6) is 0 Å². The molecule has 0 bridgehead atoms. The minimum Gasteiger partial charge on any atom is -0.346 e. The number of rotatable bonds is 7. The second kappa shape index (κ2) is 9.24. The van der Waals surface area contributed by atoms with Crippen LogP contribution in [-0.4, -0.2) is 25.7 Å². The number of hydrogen-bond donors (Lipinski definition) is 1. The van der Waals surface area contributed by atoms with E-state index in [9.17, 15) is 13.2 Å². The molecule has 0 aromatic heterocycles. The lowest BCUT2D eigenvalue weighted by Gasteiger charge is -2.18. The summed E-state index contributed by atoms with van der Waals surface area (Å²) < 4.78 is 26.6. The number of hydrogen-bond acceptors (Lipinski definition) is 3. The van der Waals surface area contributed by atoms with Gasteiger partial charge < -0.3 is 5.32 Å². The van der Waals surface area contributed by atoms with Gasteiger partial charge in [0.1, 0.15) is 0 Å². The van der Waals surface area contributed by atoms with Gasteiger partial charge in [-0.3, -0.25) is 4.79 Å². The lowest BCUT2D eigenvalue weighted by atomic mass is 10.0. The van der Waals surface area contributed by atoms with Crippen LogP contribution in [0.15, 0.2) is 83.8 Å². The number of carbonyl (C=O) groups is 1. The molecule has 3 aromatic rings. The van der Waals surface area contributed by atoms with Crippen molar-refractivity contribution in [1.82, 2.24) is 9.62 Å². The Morgan fingerprint density at radius 3 is 2.17 bits per heavy atom. The van der Waals surface area contributed by atoms with E-state index in [-0.39, 0.29) is 23.4 Å². The van der Waals surface area contributed by atoms with E-state index in [4.69, 9.17) is 0 Å². The van der Waals surface area contributed by atoms with E-state index in [2.05, 4.69) is 5.32 Å². The predicted molar refractivity (Wildman–Crippen MR) is 119 cm³/mol. The largest absolute Gasteiger partial charge is 0.346 e. The van der Waals surface area contributed by atoms with Crippen molar-refractivity contribution < 1.29 is 13.2 Å². The van der Waals surface area contributed by atoms with Crippen LogP contribution in [0, 0.1) is 6.92 Å². The molecule has 0 saturated carbocycles. The summed E-state index contributed by atoms with van der Waals surface area (Å²) in [5.74, 6) is -0.164. The molecule has 156 valence electrons. The Hall–Kier alpha value is -2.96. The molecule has 1 amide bonds. The fourth-order valence-electron chi connectivity index (χ4n) is 3.31. The molecule has 30 heavy (non-hydrogen) atoms. The molecule has 0 radical (unpaired) electrons. The fourth-order valence-corrected chi connectivity index (χ4v) is 4.49. The number of nitrogens with zero attached hydrogens (tertiary/aromatic N) is 1. The van der Waals surface area contributed by atoms with E-state index in [1.54, 1.807) is 61.6 Å². The highest BCUT2D eigenvalue weighted by Gasteiger charge is 2.20. The first-order chi connectivity index (χ1) is 14.3. The highest BCUT2D eigenvalue weighted by molar-refractivity contribution is 7.89. The number of benzene rings is 3. The summed E-state index contributed by atoms with van der Waals surface area (Å²) in [6.45, 7) is 4.20. The van der Waals surface area contributed by atoms with Crippen LogP contribution in [0.25, 0.3) is 0 Å². The Kier molecular flexibility index (Phi) is 6.70. The number of aryl methyl sites for hydroxylation is 1. The summed E-state index contributed by atoms with van der Waals surface area (Å²) in [5, 5.41) is 3.01. The van der Waals surface area contributed by atoms with Crippen molar-refractivity contribution in [3.8, 4) is 0 Å². The van der Waals surface area contributed by atoms with Crippen molar-refractivity contribution >= 4 is 15.9 Å². The zero-order valence-electron chi connectivity index (χ0n) is 17.4. The lowest BCUT2D eigenvalue weighted by Crippen LogP contribution is -2.27. The summed E-state index contributed by atoms with van der Waals surface area (Å²) in [6, 6.07) is 23.2. The topological polar surface area (TPSA) is 66.5 Å². The van der Waals surface area contributed by atoms with Crippen LogP contribution in [0.1, 0.15) is 40.0 Å². The molecule has 0 spiro atoms. The number of amides is 1. The van der Waals surface area contributed by atoms with Gasteiger partial charge >= 0.3 is 0 Å². The molecule has 0 fully saturated rings. The number of carbonyl (C=O) groups excluding carboxylic acids is 1. The first kappa shape index (κ1) is 21.7. The van der Waals surface area contributed by atoms with Gasteiger partial charge in [0.2, 0.25) is 10.0 Å². The van der Waals surface area contributed by atoms with E-state index in [1.807, 2.05) is 38.1 Å². The highest BCUT2D eigenvalue weighted by atomic mass is 32.2. The highest BCUT2D eigenvalue weighted by Crippen LogP contribution is 2.19. The molecule has 3 aromatic carbocycles. The maximum atomic E-state index is 12.7. The van der Waals surface area contributed by atoms with Crippen LogP contribution in [0.4, 0.5) is 0 Å². The van der Waals surface area contributed by atoms with Crippen LogP contribution < -0.4 is 5.32 Å². The summed E-state index contributed by atoms with van der Waals surface area (Å²) in [5.41, 5.74) is 3.55. The minimum absolute atomic E-state index is 0.111. The SMILES string of the molecule is Cc1ccccc1C(C)NC(=O)c1ccc(CN(C)S(=O)(=O)c2ccccc2)cc1. The molecular weight excluding hydrogens is 396 g/mol. The van der Waals surface area contributed by atoms with Crippen molar-refractivity contribution in [2.75, 3.05) is 7.05 Å². The van der Waals surface area contributed by atoms with Gasteiger partial charge in [0, 0.05) is 19.2 Å². The Morgan fingerprint density at radius 2 is 1.53 bits per heavy atom. The third kappa shape index (κ3) is 4.96. The molecule has 3 rings (SSSR count). The molecule has 0 aliphatic rings. The quantitative estimate of drug-likeness (QED) is 0.617. The maximum Gasteiger partial charge on any atom is 0.251 e. The molecule has 0 saturated heterocycles. The normalized spacial score (nSPS) is 12.5. The van der Waals surface area contributed by atoms with E-state index in [0.29, 0.717) is 5.56 Å². The van der Waals surface area contributed by atoms with Crippen molar-refractivity contribution in [1.29, 1.82) is 0 Å². The summed E-state index contributed by atoms with van der Waals surface area (Å²) >= 11 is 0. The Bertz CT molecular complexity index is 1110. The van der Waals surface area contributed by atoms with E-state index < -0.39 is 10.0 Å². The summed E-state index contributed by atoms with van der Waals surface area (Å²) in [7, 11) is -2.01.